The number of nitrogens with zero attached hydrogens (tertiary/aromatic N) is 1. The zero-order valence-corrected chi connectivity index (χ0v) is 17.5. The van der Waals surface area contributed by atoms with E-state index in [4.69, 9.17) is 16.3 Å². The van der Waals surface area contributed by atoms with E-state index >= 15 is 0 Å². The fourth-order valence-corrected chi connectivity index (χ4v) is 2.87. The fourth-order valence-electron chi connectivity index (χ4n) is 2.75. The minimum atomic E-state index is -0.593. The van der Waals surface area contributed by atoms with Crippen LogP contribution < -0.4 is 10.1 Å². The van der Waals surface area contributed by atoms with Crippen LogP contribution in [0, 0.1) is 5.92 Å². The number of carbonyl (C=O) groups excluding carboxylic acids is 2. The Kier molecular flexibility index (Phi) is 7.88. The zero-order chi connectivity index (χ0) is 20.7. The Morgan fingerprint density at radius 1 is 1.00 bits per heavy atom. The molecule has 0 aliphatic rings. The molecule has 2 amide bonds. The summed E-state index contributed by atoms with van der Waals surface area (Å²) in [7, 11) is 1.61. The summed E-state index contributed by atoms with van der Waals surface area (Å²) in [6.07, 6.45) is 0. The molecule has 0 aliphatic heterocycles. The lowest BCUT2D eigenvalue weighted by atomic mass is 10.1. The van der Waals surface area contributed by atoms with Gasteiger partial charge < -0.3 is 15.0 Å². The van der Waals surface area contributed by atoms with Crippen LogP contribution in [0.4, 0.5) is 0 Å². The van der Waals surface area contributed by atoms with Gasteiger partial charge in [0.05, 0.1) is 7.11 Å². The van der Waals surface area contributed by atoms with E-state index in [1.165, 1.54) is 0 Å². The van der Waals surface area contributed by atoms with Gasteiger partial charge in [-0.25, -0.2) is 0 Å². The summed E-state index contributed by atoms with van der Waals surface area (Å²) in [5.74, 6) is 0.284. The number of hydrogen-bond donors (Lipinski definition) is 1. The SMILES string of the molecule is COc1ccc(CN(C(=O)C(C)C)[C@@H](C)C(=O)NCc2ccc(Cl)cc2)cc1. The Labute approximate surface area is 171 Å². The molecule has 150 valence electrons. The van der Waals surface area contributed by atoms with Crippen molar-refractivity contribution in [2.24, 2.45) is 5.92 Å². The number of ether oxygens (including phenoxy) is 1. The average Bonchev–Trinajstić information content (AvgIpc) is 2.70. The highest BCUT2D eigenvalue weighted by atomic mass is 35.5. The quantitative estimate of drug-likeness (QED) is 0.725. The maximum atomic E-state index is 12.7. The summed E-state index contributed by atoms with van der Waals surface area (Å²) < 4.78 is 5.17. The van der Waals surface area contributed by atoms with Gasteiger partial charge in [0.25, 0.3) is 0 Å². The lowest BCUT2D eigenvalue weighted by molar-refractivity contribution is -0.143. The van der Waals surface area contributed by atoms with Gasteiger partial charge in [0.1, 0.15) is 11.8 Å². The van der Waals surface area contributed by atoms with Crippen molar-refractivity contribution in [3.8, 4) is 5.75 Å². The first-order valence-electron chi connectivity index (χ1n) is 9.27. The maximum absolute atomic E-state index is 12.7. The zero-order valence-electron chi connectivity index (χ0n) is 16.7. The molecule has 2 aromatic rings. The molecular formula is C22H27ClN2O3. The van der Waals surface area contributed by atoms with Gasteiger partial charge in [-0.3, -0.25) is 9.59 Å². The predicted octanol–water partition coefficient (Wildman–Crippen LogP) is 4.04. The van der Waals surface area contributed by atoms with Gasteiger partial charge in [-0.1, -0.05) is 49.7 Å². The molecule has 0 unspecified atom stereocenters. The van der Waals surface area contributed by atoms with Crippen LogP contribution in [0.5, 0.6) is 5.75 Å². The number of methoxy groups -OCH3 is 1. The molecule has 0 saturated carbocycles. The third kappa shape index (κ3) is 5.99. The van der Waals surface area contributed by atoms with E-state index in [2.05, 4.69) is 5.32 Å². The van der Waals surface area contributed by atoms with E-state index in [0.29, 0.717) is 18.1 Å². The van der Waals surface area contributed by atoms with Crippen LogP contribution in [-0.4, -0.2) is 29.9 Å². The van der Waals surface area contributed by atoms with Crippen LogP contribution in [0.3, 0.4) is 0 Å². The van der Waals surface area contributed by atoms with Crippen LogP contribution >= 0.6 is 11.6 Å². The first kappa shape index (κ1) is 21.8. The molecule has 2 aromatic carbocycles. The number of benzene rings is 2. The number of halogens is 1. The van der Waals surface area contributed by atoms with E-state index in [9.17, 15) is 9.59 Å². The summed E-state index contributed by atoms with van der Waals surface area (Å²) in [5, 5.41) is 3.55. The van der Waals surface area contributed by atoms with Crippen LogP contribution in [0.25, 0.3) is 0 Å². The van der Waals surface area contributed by atoms with E-state index < -0.39 is 6.04 Å². The second-order valence-electron chi connectivity index (χ2n) is 6.99. The molecule has 0 heterocycles. The topological polar surface area (TPSA) is 58.6 Å². The molecule has 1 atom stereocenters. The second kappa shape index (κ2) is 10.1. The van der Waals surface area contributed by atoms with E-state index in [0.717, 1.165) is 16.9 Å². The fraction of sp³-hybridized carbons (Fsp3) is 0.364. The molecule has 0 radical (unpaired) electrons. The molecule has 0 fully saturated rings. The van der Waals surface area contributed by atoms with Crippen LogP contribution in [0.1, 0.15) is 31.9 Å². The number of carbonyl (C=O) groups is 2. The maximum Gasteiger partial charge on any atom is 0.242 e. The second-order valence-corrected chi connectivity index (χ2v) is 7.43. The van der Waals surface area contributed by atoms with E-state index in [1.807, 2.05) is 50.2 Å². The van der Waals surface area contributed by atoms with Gasteiger partial charge >= 0.3 is 0 Å². The summed E-state index contributed by atoms with van der Waals surface area (Å²) in [4.78, 5) is 27.0. The Morgan fingerprint density at radius 3 is 2.11 bits per heavy atom. The standard InChI is InChI=1S/C22H27ClN2O3/c1-15(2)22(27)25(14-18-7-11-20(28-4)12-8-18)16(3)21(26)24-13-17-5-9-19(23)10-6-17/h5-12,15-16H,13-14H2,1-4H3,(H,24,26)/t16-/m0/s1. The van der Waals surface area contributed by atoms with Crippen molar-refractivity contribution < 1.29 is 14.3 Å². The minimum absolute atomic E-state index is 0.0649. The molecule has 0 aromatic heterocycles. The highest BCUT2D eigenvalue weighted by Crippen LogP contribution is 2.17. The van der Waals surface area contributed by atoms with Gasteiger partial charge in [-0.05, 0) is 42.3 Å². The summed E-state index contributed by atoms with van der Waals surface area (Å²) in [5.41, 5.74) is 1.88. The van der Waals surface area contributed by atoms with Crippen molar-refractivity contribution in [1.82, 2.24) is 10.2 Å². The van der Waals surface area contributed by atoms with Crippen LogP contribution in [0.15, 0.2) is 48.5 Å². The van der Waals surface area contributed by atoms with Crippen LogP contribution in [-0.2, 0) is 22.7 Å². The Balaban J connectivity index is 2.08. The number of rotatable bonds is 8. The molecule has 28 heavy (non-hydrogen) atoms. The van der Waals surface area contributed by atoms with Gasteiger partial charge in [0.15, 0.2) is 0 Å². The molecule has 0 saturated heterocycles. The summed E-state index contributed by atoms with van der Waals surface area (Å²) in [6.45, 7) is 6.16. The average molecular weight is 403 g/mol. The van der Waals surface area contributed by atoms with Gasteiger partial charge in [-0.2, -0.15) is 0 Å². The number of nitrogens with one attached hydrogen (secondary N) is 1. The summed E-state index contributed by atoms with van der Waals surface area (Å²) in [6, 6.07) is 14.2. The number of hydrogen-bond acceptors (Lipinski definition) is 3. The molecule has 1 N–H and O–H groups in total. The van der Waals surface area contributed by atoms with E-state index in [1.54, 1.807) is 31.1 Å². The molecule has 0 aliphatic carbocycles. The third-order valence-electron chi connectivity index (χ3n) is 4.52. The van der Waals surface area contributed by atoms with Crippen molar-refractivity contribution in [2.45, 2.75) is 39.9 Å². The first-order valence-corrected chi connectivity index (χ1v) is 9.65. The van der Waals surface area contributed by atoms with Crippen molar-refractivity contribution in [3.63, 3.8) is 0 Å². The van der Waals surface area contributed by atoms with Crippen molar-refractivity contribution in [1.29, 1.82) is 0 Å². The lowest BCUT2D eigenvalue weighted by Gasteiger charge is -2.30. The van der Waals surface area contributed by atoms with Gasteiger partial charge in [-0.15, -0.1) is 0 Å². The van der Waals surface area contributed by atoms with Crippen molar-refractivity contribution >= 4 is 23.4 Å². The molecule has 0 bridgehead atoms. The first-order chi connectivity index (χ1) is 13.3. The Hall–Kier alpha value is -2.53. The van der Waals surface area contributed by atoms with E-state index in [-0.39, 0.29) is 17.7 Å². The highest BCUT2D eigenvalue weighted by Gasteiger charge is 2.27. The molecule has 0 spiro atoms. The Morgan fingerprint density at radius 2 is 1.57 bits per heavy atom. The largest absolute Gasteiger partial charge is 0.497 e. The highest BCUT2D eigenvalue weighted by molar-refractivity contribution is 6.30. The van der Waals surface area contributed by atoms with Gasteiger partial charge in [0, 0.05) is 24.0 Å². The summed E-state index contributed by atoms with van der Waals surface area (Å²) >= 11 is 5.89. The number of amides is 2. The molecule has 5 nitrogen and oxygen atoms in total. The lowest BCUT2D eigenvalue weighted by Crippen LogP contribution is -2.48. The monoisotopic (exact) mass is 402 g/mol. The smallest absolute Gasteiger partial charge is 0.242 e. The molecule has 6 heteroatoms. The minimum Gasteiger partial charge on any atom is -0.497 e. The Bertz CT molecular complexity index is 788. The van der Waals surface area contributed by atoms with Gasteiger partial charge in [0.2, 0.25) is 11.8 Å². The molecular weight excluding hydrogens is 376 g/mol. The third-order valence-corrected chi connectivity index (χ3v) is 4.77. The van der Waals surface area contributed by atoms with Crippen molar-refractivity contribution in [2.75, 3.05) is 7.11 Å². The normalized spacial score (nSPS) is 11.8. The van der Waals surface area contributed by atoms with Crippen LogP contribution in [0.2, 0.25) is 5.02 Å². The predicted molar refractivity (Wildman–Crippen MR) is 111 cm³/mol. The molecule has 2 rings (SSSR count). The van der Waals surface area contributed by atoms with Crippen molar-refractivity contribution in [3.05, 3.63) is 64.7 Å².